The molecule has 2 aromatic carbocycles. The van der Waals surface area contributed by atoms with Crippen LogP contribution in [0.3, 0.4) is 0 Å². The molecule has 0 radical (unpaired) electrons. The Hall–Kier alpha value is -2.44. The van der Waals surface area contributed by atoms with E-state index in [2.05, 4.69) is 10.2 Å². The maximum absolute atomic E-state index is 13.5. The Morgan fingerprint density at radius 1 is 1.19 bits per heavy atom. The highest BCUT2D eigenvalue weighted by molar-refractivity contribution is 5.94. The molecule has 1 N–H and O–H groups in total. The zero-order valence-electron chi connectivity index (χ0n) is 15.8. The second-order valence-corrected chi connectivity index (χ2v) is 6.89. The van der Waals surface area contributed by atoms with Gasteiger partial charge in [-0.2, -0.15) is 0 Å². The van der Waals surface area contributed by atoms with Crippen molar-refractivity contribution in [1.29, 1.82) is 0 Å². The third-order valence-corrected chi connectivity index (χ3v) is 4.82. The van der Waals surface area contributed by atoms with Gasteiger partial charge in [0, 0.05) is 30.9 Å². The molecule has 3 rings (SSSR count). The maximum atomic E-state index is 13.5. The molecule has 0 saturated carbocycles. The number of carbonyl (C=O) groups is 1. The van der Waals surface area contributed by atoms with Crippen molar-refractivity contribution >= 4 is 11.6 Å². The van der Waals surface area contributed by atoms with Crippen molar-refractivity contribution in [3.63, 3.8) is 0 Å². The van der Waals surface area contributed by atoms with Crippen LogP contribution in [0, 0.1) is 5.82 Å². The zero-order valence-corrected chi connectivity index (χ0v) is 15.8. The SMILES string of the molecule is CN(C)C(CNC(=O)c1ccc(N2CCOCC2)cc1)c1cccc(F)c1. The lowest BCUT2D eigenvalue weighted by Gasteiger charge is -2.29. The Balaban J connectivity index is 1.62. The normalized spacial score (nSPS) is 15.6. The molecule has 1 unspecified atom stereocenters. The van der Waals surface area contributed by atoms with Crippen LogP contribution in [-0.4, -0.2) is 57.8 Å². The van der Waals surface area contributed by atoms with Crippen LogP contribution in [0.4, 0.5) is 10.1 Å². The minimum absolute atomic E-state index is 0.0997. The predicted molar refractivity (Wildman–Crippen MR) is 105 cm³/mol. The van der Waals surface area contributed by atoms with Crippen molar-refractivity contribution in [2.45, 2.75) is 6.04 Å². The average molecular weight is 371 g/mol. The number of nitrogens with zero attached hydrogens (tertiary/aromatic N) is 2. The number of hydrogen-bond donors (Lipinski definition) is 1. The van der Waals surface area contributed by atoms with Crippen molar-refractivity contribution in [3.8, 4) is 0 Å². The molecule has 5 nitrogen and oxygen atoms in total. The second-order valence-electron chi connectivity index (χ2n) is 6.89. The Kier molecular flexibility index (Phi) is 6.42. The van der Waals surface area contributed by atoms with Gasteiger partial charge >= 0.3 is 0 Å². The molecule has 2 aromatic rings. The summed E-state index contributed by atoms with van der Waals surface area (Å²) in [5, 5.41) is 2.96. The minimum Gasteiger partial charge on any atom is -0.378 e. The molecule has 0 bridgehead atoms. The summed E-state index contributed by atoms with van der Waals surface area (Å²) in [7, 11) is 3.83. The number of carbonyl (C=O) groups excluding carboxylic acids is 1. The first-order valence-corrected chi connectivity index (χ1v) is 9.17. The predicted octanol–water partition coefficient (Wildman–Crippen LogP) is 2.70. The molecule has 0 aromatic heterocycles. The number of benzene rings is 2. The number of hydrogen-bond acceptors (Lipinski definition) is 4. The highest BCUT2D eigenvalue weighted by atomic mass is 19.1. The average Bonchev–Trinajstić information content (AvgIpc) is 2.68. The van der Waals surface area contributed by atoms with E-state index in [-0.39, 0.29) is 17.8 Å². The van der Waals surface area contributed by atoms with Gasteiger partial charge in [0.2, 0.25) is 0 Å². The minimum atomic E-state index is -0.274. The van der Waals surface area contributed by atoms with E-state index >= 15 is 0 Å². The molecule has 0 spiro atoms. The number of anilines is 1. The molecule has 1 heterocycles. The number of likely N-dealkylation sites (N-methyl/N-ethyl adjacent to an activating group) is 1. The molecule has 0 aliphatic carbocycles. The molecule has 1 aliphatic rings. The number of halogens is 1. The van der Waals surface area contributed by atoms with E-state index in [9.17, 15) is 9.18 Å². The number of ether oxygens (including phenoxy) is 1. The van der Waals surface area contributed by atoms with Crippen molar-refractivity contribution in [1.82, 2.24) is 10.2 Å². The molecule has 1 saturated heterocycles. The van der Waals surface area contributed by atoms with E-state index in [1.54, 1.807) is 6.07 Å². The molecule has 1 amide bonds. The lowest BCUT2D eigenvalue weighted by Crippen LogP contribution is -2.36. The molecule has 27 heavy (non-hydrogen) atoms. The lowest BCUT2D eigenvalue weighted by atomic mass is 10.1. The van der Waals surface area contributed by atoms with Gasteiger partial charge in [-0.3, -0.25) is 4.79 Å². The lowest BCUT2D eigenvalue weighted by molar-refractivity contribution is 0.0942. The Bertz CT molecular complexity index is 758. The van der Waals surface area contributed by atoms with Gasteiger partial charge < -0.3 is 19.9 Å². The van der Waals surface area contributed by atoms with Crippen LogP contribution in [0.2, 0.25) is 0 Å². The van der Waals surface area contributed by atoms with Gasteiger partial charge in [0.15, 0.2) is 0 Å². The van der Waals surface area contributed by atoms with Gasteiger partial charge in [-0.05, 0) is 56.1 Å². The molecule has 144 valence electrons. The molecule has 1 aliphatic heterocycles. The molecule has 1 fully saturated rings. The zero-order chi connectivity index (χ0) is 19.2. The smallest absolute Gasteiger partial charge is 0.251 e. The Labute approximate surface area is 159 Å². The van der Waals surface area contributed by atoms with Gasteiger partial charge in [0.25, 0.3) is 5.91 Å². The van der Waals surface area contributed by atoms with Gasteiger partial charge in [0.1, 0.15) is 5.82 Å². The van der Waals surface area contributed by atoms with E-state index in [0.29, 0.717) is 12.1 Å². The van der Waals surface area contributed by atoms with Gasteiger partial charge in [-0.15, -0.1) is 0 Å². The Morgan fingerprint density at radius 3 is 2.52 bits per heavy atom. The number of morpholine rings is 1. The summed E-state index contributed by atoms with van der Waals surface area (Å²) in [5.41, 5.74) is 2.55. The van der Waals surface area contributed by atoms with E-state index in [1.165, 1.54) is 12.1 Å². The van der Waals surface area contributed by atoms with Crippen molar-refractivity contribution in [3.05, 3.63) is 65.5 Å². The van der Waals surface area contributed by atoms with Crippen LogP contribution in [-0.2, 0) is 4.74 Å². The van der Waals surface area contributed by atoms with Crippen molar-refractivity contribution < 1.29 is 13.9 Å². The summed E-state index contributed by atoms with van der Waals surface area (Å²) < 4.78 is 18.9. The first kappa shape index (κ1) is 19.3. The van der Waals surface area contributed by atoms with Crippen LogP contribution in [0.5, 0.6) is 0 Å². The van der Waals surface area contributed by atoms with Crippen molar-refractivity contribution in [2.24, 2.45) is 0 Å². The number of rotatable bonds is 6. The fraction of sp³-hybridized carbons (Fsp3) is 0.381. The summed E-state index contributed by atoms with van der Waals surface area (Å²) in [4.78, 5) is 16.7. The van der Waals surface area contributed by atoms with Crippen LogP contribution in [0.1, 0.15) is 22.0 Å². The molecular weight excluding hydrogens is 345 g/mol. The third-order valence-electron chi connectivity index (χ3n) is 4.82. The summed E-state index contributed by atoms with van der Waals surface area (Å²) in [6.07, 6.45) is 0. The second kappa shape index (κ2) is 8.97. The van der Waals surface area contributed by atoms with Crippen molar-refractivity contribution in [2.75, 3.05) is 51.8 Å². The molecule has 6 heteroatoms. The summed E-state index contributed by atoms with van der Waals surface area (Å²) in [6, 6.07) is 14.0. The molecular formula is C21H26FN3O2. The molecule has 1 atom stereocenters. The van der Waals surface area contributed by atoms with E-state index in [0.717, 1.165) is 37.6 Å². The fourth-order valence-electron chi connectivity index (χ4n) is 3.25. The van der Waals surface area contributed by atoms with Gasteiger partial charge in [0.05, 0.1) is 19.3 Å². The standard InChI is InChI=1S/C21H26FN3O2/c1-24(2)20(17-4-3-5-18(22)14-17)15-23-21(26)16-6-8-19(9-7-16)25-10-12-27-13-11-25/h3-9,14,20H,10-13,15H2,1-2H3,(H,23,26). The third kappa shape index (κ3) is 5.05. The number of amides is 1. The summed E-state index contributed by atoms with van der Waals surface area (Å²) in [5.74, 6) is -0.406. The monoisotopic (exact) mass is 371 g/mol. The van der Waals surface area contributed by atoms with Crippen LogP contribution in [0.25, 0.3) is 0 Å². The quantitative estimate of drug-likeness (QED) is 0.848. The Morgan fingerprint density at radius 2 is 1.89 bits per heavy atom. The van der Waals surface area contributed by atoms with Gasteiger partial charge in [-0.25, -0.2) is 4.39 Å². The summed E-state index contributed by atoms with van der Waals surface area (Å²) >= 11 is 0. The largest absolute Gasteiger partial charge is 0.378 e. The first-order chi connectivity index (χ1) is 13.0. The van der Waals surface area contributed by atoms with Crippen LogP contribution < -0.4 is 10.2 Å². The highest BCUT2D eigenvalue weighted by Crippen LogP contribution is 2.19. The van der Waals surface area contributed by atoms with Gasteiger partial charge in [-0.1, -0.05) is 12.1 Å². The van der Waals surface area contributed by atoms with E-state index in [1.807, 2.05) is 49.3 Å². The topological polar surface area (TPSA) is 44.8 Å². The maximum Gasteiger partial charge on any atom is 0.251 e. The van der Waals surface area contributed by atoms with Crippen LogP contribution >= 0.6 is 0 Å². The highest BCUT2D eigenvalue weighted by Gasteiger charge is 2.17. The van der Waals surface area contributed by atoms with Crippen LogP contribution in [0.15, 0.2) is 48.5 Å². The van der Waals surface area contributed by atoms with E-state index in [4.69, 9.17) is 4.74 Å². The van der Waals surface area contributed by atoms with E-state index < -0.39 is 0 Å². The first-order valence-electron chi connectivity index (χ1n) is 9.17. The number of nitrogens with one attached hydrogen (secondary N) is 1. The fourth-order valence-corrected chi connectivity index (χ4v) is 3.25. The summed E-state index contributed by atoms with van der Waals surface area (Å²) in [6.45, 7) is 3.59.